The van der Waals surface area contributed by atoms with Crippen molar-refractivity contribution in [1.29, 1.82) is 0 Å². The van der Waals surface area contributed by atoms with Gasteiger partial charge in [0.2, 0.25) is 0 Å². The second-order valence-corrected chi connectivity index (χ2v) is 6.05. The Morgan fingerprint density at radius 1 is 1.35 bits per heavy atom. The van der Waals surface area contributed by atoms with E-state index in [1.807, 2.05) is 12.3 Å². The van der Waals surface area contributed by atoms with E-state index in [0.717, 1.165) is 36.4 Å². The highest BCUT2D eigenvalue weighted by Crippen LogP contribution is 2.38. The molecule has 0 radical (unpaired) electrons. The number of hydrogen-bond donors (Lipinski definition) is 0. The molecule has 3 nitrogen and oxygen atoms in total. The Labute approximate surface area is 118 Å². The lowest BCUT2D eigenvalue weighted by atomic mass is 9.80. The summed E-state index contributed by atoms with van der Waals surface area (Å²) in [6, 6.07) is 2.04. The highest BCUT2D eigenvalue weighted by Gasteiger charge is 2.26. The summed E-state index contributed by atoms with van der Waals surface area (Å²) in [6.07, 6.45) is 5.71. The average Bonchev–Trinajstić information content (AvgIpc) is 2.70. The third kappa shape index (κ3) is 1.71. The van der Waals surface area contributed by atoms with Gasteiger partial charge in [0, 0.05) is 25.8 Å². The number of fused-ring (bicyclic) bond motifs is 3. The van der Waals surface area contributed by atoms with Crippen LogP contribution in [0.5, 0.6) is 0 Å². The van der Waals surface area contributed by atoms with Crippen LogP contribution in [0.1, 0.15) is 43.4 Å². The topological polar surface area (TPSA) is 21.1 Å². The van der Waals surface area contributed by atoms with Gasteiger partial charge in [0.25, 0.3) is 0 Å². The van der Waals surface area contributed by atoms with Gasteiger partial charge >= 0.3 is 0 Å². The van der Waals surface area contributed by atoms with E-state index in [4.69, 9.17) is 0 Å². The van der Waals surface area contributed by atoms with Crippen LogP contribution in [0.4, 0.5) is 4.39 Å². The molecule has 0 aromatic carbocycles. The number of pyridine rings is 1. The maximum Gasteiger partial charge on any atom is 0.154 e. The van der Waals surface area contributed by atoms with Gasteiger partial charge < -0.3 is 4.57 Å². The predicted molar refractivity (Wildman–Crippen MR) is 77.2 cm³/mol. The van der Waals surface area contributed by atoms with Crippen molar-refractivity contribution in [2.24, 2.45) is 0 Å². The van der Waals surface area contributed by atoms with Gasteiger partial charge in [0.1, 0.15) is 5.65 Å². The molecule has 2 aliphatic rings. The maximum atomic E-state index is 14.7. The molecular weight excluding hydrogens is 253 g/mol. The lowest BCUT2D eigenvalue weighted by Crippen LogP contribution is -2.33. The Kier molecular flexibility index (Phi) is 2.81. The molecule has 2 aromatic heterocycles. The van der Waals surface area contributed by atoms with Crippen LogP contribution in [-0.2, 0) is 13.1 Å². The quantitative estimate of drug-likeness (QED) is 0.837. The first kappa shape index (κ1) is 12.3. The third-order valence-electron chi connectivity index (χ3n) is 5.00. The number of rotatable bonds is 2. The number of aromatic nitrogens is 2. The third-order valence-corrected chi connectivity index (χ3v) is 5.00. The molecule has 0 saturated heterocycles. The van der Waals surface area contributed by atoms with Crippen molar-refractivity contribution in [3.63, 3.8) is 0 Å². The fourth-order valence-corrected chi connectivity index (χ4v) is 3.41. The van der Waals surface area contributed by atoms with E-state index in [1.54, 1.807) is 0 Å². The molecule has 0 atom stereocenters. The standard InChI is InChI=1S/C16H20FN3/c1-2-19-6-7-20-14(10-19)15(17)13-8-12(9-18-16(13)20)11-4-3-5-11/h8-9,11H,2-7,10H2,1H3. The van der Waals surface area contributed by atoms with Gasteiger partial charge in [-0.2, -0.15) is 0 Å². The Balaban J connectivity index is 1.82. The van der Waals surface area contributed by atoms with E-state index in [0.29, 0.717) is 12.5 Å². The lowest BCUT2D eigenvalue weighted by molar-refractivity contribution is 0.229. The van der Waals surface area contributed by atoms with Crippen molar-refractivity contribution in [1.82, 2.24) is 14.5 Å². The smallest absolute Gasteiger partial charge is 0.154 e. The van der Waals surface area contributed by atoms with Crippen molar-refractivity contribution >= 4 is 11.0 Å². The van der Waals surface area contributed by atoms with Crippen molar-refractivity contribution < 1.29 is 4.39 Å². The van der Waals surface area contributed by atoms with Crippen LogP contribution in [-0.4, -0.2) is 27.5 Å². The van der Waals surface area contributed by atoms with E-state index in [2.05, 4.69) is 21.4 Å². The Morgan fingerprint density at radius 3 is 2.90 bits per heavy atom. The molecule has 4 rings (SSSR count). The summed E-state index contributed by atoms with van der Waals surface area (Å²) in [4.78, 5) is 6.86. The summed E-state index contributed by atoms with van der Waals surface area (Å²) in [7, 11) is 0. The zero-order chi connectivity index (χ0) is 13.7. The molecule has 1 saturated carbocycles. The van der Waals surface area contributed by atoms with E-state index >= 15 is 0 Å². The molecule has 4 heteroatoms. The van der Waals surface area contributed by atoms with Crippen LogP contribution in [0.25, 0.3) is 11.0 Å². The van der Waals surface area contributed by atoms with Crippen molar-refractivity contribution in [2.75, 3.05) is 13.1 Å². The average molecular weight is 273 g/mol. The van der Waals surface area contributed by atoms with Crippen LogP contribution in [0.3, 0.4) is 0 Å². The molecule has 106 valence electrons. The fraction of sp³-hybridized carbons (Fsp3) is 0.562. The summed E-state index contributed by atoms with van der Waals surface area (Å²) in [5.41, 5.74) is 2.86. The Morgan fingerprint density at radius 2 is 2.20 bits per heavy atom. The van der Waals surface area contributed by atoms with Gasteiger partial charge in [-0.15, -0.1) is 0 Å². The number of hydrogen-bond acceptors (Lipinski definition) is 2. The van der Waals surface area contributed by atoms with Gasteiger partial charge in [-0.25, -0.2) is 9.37 Å². The first-order valence-corrected chi connectivity index (χ1v) is 7.66. The molecule has 0 spiro atoms. The minimum atomic E-state index is -0.0492. The summed E-state index contributed by atoms with van der Waals surface area (Å²) in [5, 5.41) is 0.724. The minimum Gasteiger partial charge on any atom is -0.324 e. The molecule has 2 aromatic rings. The molecule has 1 aliphatic carbocycles. The molecule has 3 heterocycles. The Bertz CT molecular complexity index is 657. The van der Waals surface area contributed by atoms with Gasteiger partial charge in [-0.1, -0.05) is 13.3 Å². The zero-order valence-electron chi connectivity index (χ0n) is 11.9. The lowest BCUT2D eigenvalue weighted by Gasteiger charge is -2.27. The van der Waals surface area contributed by atoms with Gasteiger partial charge in [-0.05, 0) is 36.9 Å². The molecular formula is C16H20FN3. The number of halogens is 1. The SMILES string of the molecule is CCN1CCn2c(c(F)c3cc(C4CCC4)cnc32)C1. The van der Waals surface area contributed by atoms with Gasteiger partial charge in [-0.3, -0.25) is 4.90 Å². The van der Waals surface area contributed by atoms with Crippen LogP contribution >= 0.6 is 0 Å². The summed E-state index contributed by atoms with van der Waals surface area (Å²) in [5.74, 6) is 0.558. The molecule has 0 N–H and O–H groups in total. The highest BCUT2D eigenvalue weighted by atomic mass is 19.1. The van der Waals surface area contributed by atoms with Crippen LogP contribution in [0.2, 0.25) is 0 Å². The molecule has 0 amide bonds. The van der Waals surface area contributed by atoms with Crippen LogP contribution in [0, 0.1) is 5.82 Å². The molecule has 20 heavy (non-hydrogen) atoms. The summed E-state index contributed by atoms with van der Waals surface area (Å²) in [6.45, 7) is 5.64. The zero-order valence-corrected chi connectivity index (χ0v) is 11.9. The molecule has 1 aliphatic heterocycles. The van der Waals surface area contributed by atoms with Gasteiger partial charge in [0.05, 0.1) is 11.1 Å². The van der Waals surface area contributed by atoms with Crippen molar-refractivity contribution in [2.45, 2.75) is 45.2 Å². The second kappa shape index (κ2) is 4.55. The summed E-state index contributed by atoms with van der Waals surface area (Å²) >= 11 is 0. The van der Waals surface area contributed by atoms with Crippen molar-refractivity contribution in [3.05, 3.63) is 29.3 Å². The molecule has 1 fully saturated rings. The van der Waals surface area contributed by atoms with E-state index in [-0.39, 0.29) is 5.82 Å². The predicted octanol–water partition coefficient (Wildman–Crippen LogP) is 3.28. The first-order valence-electron chi connectivity index (χ1n) is 7.66. The van der Waals surface area contributed by atoms with E-state index < -0.39 is 0 Å². The van der Waals surface area contributed by atoms with Gasteiger partial charge in [0.15, 0.2) is 5.82 Å². The fourth-order valence-electron chi connectivity index (χ4n) is 3.41. The summed E-state index contributed by atoms with van der Waals surface area (Å²) < 4.78 is 16.8. The maximum absolute atomic E-state index is 14.7. The second-order valence-electron chi connectivity index (χ2n) is 6.05. The largest absolute Gasteiger partial charge is 0.324 e. The Hall–Kier alpha value is -1.42. The highest BCUT2D eigenvalue weighted by molar-refractivity contribution is 5.79. The first-order chi connectivity index (χ1) is 9.78. The van der Waals surface area contributed by atoms with E-state index in [9.17, 15) is 4.39 Å². The van der Waals surface area contributed by atoms with E-state index in [1.165, 1.54) is 24.8 Å². The minimum absolute atomic E-state index is 0.0492. The number of likely N-dealkylation sites (N-methyl/N-ethyl adjacent to an activating group) is 1. The molecule has 0 unspecified atom stereocenters. The monoisotopic (exact) mass is 273 g/mol. The van der Waals surface area contributed by atoms with Crippen LogP contribution in [0.15, 0.2) is 12.3 Å². The van der Waals surface area contributed by atoms with Crippen molar-refractivity contribution in [3.8, 4) is 0 Å². The number of nitrogens with zero attached hydrogens (tertiary/aromatic N) is 3. The normalized spacial score (nSPS) is 20.1. The molecule has 0 bridgehead atoms. The van der Waals surface area contributed by atoms with Crippen LogP contribution < -0.4 is 0 Å².